The van der Waals surface area contributed by atoms with Crippen molar-refractivity contribution in [1.82, 2.24) is 9.80 Å². The minimum Gasteiger partial charge on any atom is -0.333 e. The molecule has 0 spiro atoms. The molecule has 1 aromatic rings. The van der Waals surface area contributed by atoms with E-state index in [9.17, 15) is 18.8 Å². The molecule has 4 saturated carbocycles. The zero-order valence-electron chi connectivity index (χ0n) is 19.6. The van der Waals surface area contributed by atoms with Crippen LogP contribution in [0.15, 0.2) is 24.3 Å². The molecule has 7 heteroatoms. The van der Waals surface area contributed by atoms with Crippen molar-refractivity contribution in [3.05, 3.63) is 30.1 Å². The summed E-state index contributed by atoms with van der Waals surface area (Å²) >= 11 is 0. The maximum atomic E-state index is 13.9. The van der Waals surface area contributed by atoms with Crippen molar-refractivity contribution in [2.45, 2.75) is 52.4 Å². The van der Waals surface area contributed by atoms with Gasteiger partial charge in [-0.15, -0.1) is 0 Å². The molecule has 1 heterocycles. The normalized spacial score (nSPS) is 30.4. The van der Waals surface area contributed by atoms with Crippen molar-refractivity contribution in [3.63, 3.8) is 0 Å². The average Bonchev–Trinajstić information content (AvgIpc) is 3.14. The second-order valence-corrected chi connectivity index (χ2v) is 11.3. The summed E-state index contributed by atoms with van der Waals surface area (Å²) in [7, 11) is 0. The summed E-state index contributed by atoms with van der Waals surface area (Å²) in [5.41, 5.74) is 0.283. The summed E-state index contributed by atoms with van der Waals surface area (Å²) in [5.74, 6) is 1.64. The van der Waals surface area contributed by atoms with Crippen LogP contribution in [0, 0.1) is 34.9 Å². The fraction of sp³-hybridized carbons (Fsp3) is 0.654. The number of rotatable bonds is 6. The standard InChI is InChI=1S/C26H34FN3O3/c1-17(2)13-28(25(33)26-10-18-7-19(11-26)9-20(8-18)12-26)14-23(31)29-15-24(32)30(16-29)22-5-3-21(27)4-6-22/h3-6,17-20H,7-16H2,1-2H3. The van der Waals surface area contributed by atoms with Crippen molar-refractivity contribution in [1.29, 1.82) is 0 Å². The van der Waals surface area contributed by atoms with Crippen LogP contribution in [0.2, 0.25) is 0 Å². The predicted molar refractivity (Wildman–Crippen MR) is 122 cm³/mol. The molecule has 178 valence electrons. The molecule has 1 saturated heterocycles. The number of anilines is 1. The highest BCUT2D eigenvalue weighted by Crippen LogP contribution is 2.60. The molecular formula is C26H34FN3O3. The molecule has 33 heavy (non-hydrogen) atoms. The lowest BCUT2D eigenvalue weighted by Crippen LogP contribution is -2.56. The third-order valence-electron chi connectivity index (χ3n) is 8.12. The fourth-order valence-electron chi connectivity index (χ4n) is 7.19. The molecule has 5 aliphatic rings. The van der Waals surface area contributed by atoms with Crippen LogP contribution in [0.4, 0.5) is 10.1 Å². The molecule has 4 bridgehead atoms. The number of hydrogen-bond donors (Lipinski definition) is 0. The van der Waals surface area contributed by atoms with Gasteiger partial charge in [-0.3, -0.25) is 19.3 Å². The van der Waals surface area contributed by atoms with E-state index in [4.69, 9.17) is 0 Å². The van der Waals surface area contributed by atoms with Gasteiger partial charge in [0, 0.05) is 12.2 Å². The van der Waals surface area contributed by atoms with Crippen LogP contribution in [0.3, 0.4) is 0 Å². The first-order valence-electron chi connectivity index (χ1n) is 12.4. The summed E-state index contributed by atoms with van der Waals surface area (Å²) in [6, 6.07) is 5.70. The number of carbonyl (C=O) groups is 3. The first-order valence-corrected chi connectivity index (χ1v) is 12.4. The van der Waals surface area contributed by atoms with Gasteiger partial charge in [-0.25, -0.2) is 4.39 Å². The van der Waals surface area contributed by atoms with Crippen LogP contribution in [-0.2, 0) is 14.4 Å². The lowest BCUT2D eigenvalue weighted by Gasteiger charge is -2.56. The van der Waals surface area contributed by atoms with Crippen LogP contribution in [0.25, 0.3) is 0 Å². The van der Waals surface area contributed by atoms with Gasteiger partial charge in [0.1, 0.15) is 19.0 Å². The Bertz CT molecular complexity index is 909. The van der Waals surface area contributed by atoms with E-state index in [2.05, 4.69) is 13.8 Å². The quantitative estimate of drug-likeness (QED) is 0.658. The van der Waals surface area contributed by atoms with Gasteiger partial charge in [-0.1, -0.05) is 13.8 Å². The third-order valence-corrected chi connectivity index (χ3v) is 8.12. The molecule has 0 atom stereocenters. The van der Waals surface area contributed by atoms with Gasteiger partial charge in [0.25, 0.3) is 0 Å². The number of carbonyl (C=O) groups excluding carboxylic acids is 3. The van der Waals surface area contributed by atoms with Crippen molar-refractivity contribution < 1.29 is 18.8 Å². The van der Waals surface area contributed by atoms with E-state index in [0.717, 1.165) is 19.3 Å². The molecule has 0 N–H and O–H groups in total. The fourth-order valence-corrected chi connectivity index (χ4v) is 7.19. The van der Waals surface area contributed by atoms with Crippen LogP contribution in [-0.4, -0.2) is 53.8 Å². The van der Waals surface area contributed by atoms with Gasteiger partial charge in [-0.05, 0) is 86.5 Å². The topological polar surface area (TPSA) is 60.9 Å². The Hall–Kier alpha value is -2.44. The SMILES string of the molecule is CC(C)CN(CC(=O)N1CC(=O)N(c2ccc(F)cc2)C1)C(=O)C12CC3CC(CC(C3)C1)C2. The van der Waals surface area contributed by atoms with Gasteiger partial charge in [0.2, 0.25) is 17.7 Å². The molecule has 0 aromatic heterocycles. The molecule has 6 nitrogen and oxygen atoms in total. The van der Waals surface area contributed by atoms with Gasteiger partial charge in [0.05, 0.1) is 12.0 Å². The summed E-state index contributed by atoms with van der Waals surface area (Å²) in [6.45, 7) is 4.82. The Morgan fingerprint density at radius 1 is 1.06 bits per heavy atom. The van der Waals surface area contributed by atoms with E-state index in [1.807, 2.05) is 0 Å². The summed E-state index contributed by atoms with van der Waals surface area (Å²) in [4.78, 5) is 44.5. The van der Waals surface area contributed by atoms with Crippen LogP contribution >= 0.6 is 0 Å². The van der Waals surface area contributed by atoms with Gasteiger partial charge in [-0.2, -0.15) is 0 Å². The number of halogens is 1. The Labute approximate surface area is 195 Å². The third kappa shape index (κ3) is 4.26. The largest absolute Gasteiger partial charge is 0.333 e. The maximum Gasteiger partial charge on any atom is 0.248 e. The monoisotopic (exact) mass is 455 g/mol. The zero-order valence-corrected chi connectivity index (χ0v) is 19.6. The highest BCUT2D eigenvalue weighted by molar-refractivity contribution is 6.00. The maximum absolute atomic E-state index is 13.9. The van der Waals surface area contributed by atoms with Crippen molar-refractivity contribution in [3.8, 4) is 0 Å². The molecule has 1 aromatic carbocycles. The minimum atomic E-state index is -0.370. The molecule has 0 radical (unpaired) electrons. The van der Waals surface area contributed by atoms with Gasteiger partial charge < -0.3 is 9.80 Å². The molecule has 3 amide bonds. The number of amides is 3. The summed E-state index contributed by atoms with van der Waals surface area (Å²) in [5, 5.41) is 0. The number of nitrogens with zero attached hydrogens (tertiary/aromatic N) is 3. The summed E-state index contributed by atoms with van der Waals surface area (Å²) in [6.07, 6.45) is 6.73. The van der Waals surface area contributed by atoms with Crippen molar-refractivity contribution in [2.75, 3.05) is 31.2 Å². The Morgan fingerprint density at radius 3 is 2.18 bits per heavy atom. The summed E-state index contributed by atoms with van der Waals surface area (Å²) < 4.78 is 13.3. The van der Waals surface area contributed by atoms with Gasteiger partial charge in [0.15, 0.2) is 0 Å². The van der Waals surface area contributed by atoms with Gasteiger partial charge >= 0.3 is 0 Å². The number of benzene rings is 1. The second-order valence-electron chi connectivity index (χ2n) is 11.3. The molecule has 4 aliphatic carbocycles. The highest BCUT2D eigenvalue weighted by atomic mass is 19.1. The van der Waals surface area contributed by atoms with Crippen molar-refractivity contribution in [2.24, 2.45) is 29.1 Å². The second kappa shape index (κ2) is 8.41. The molecule has 1 aliphatic heterocycles. The van der Waals surface area contributed by atoms with E-state index < -0.39 is 0 Å². The van der Waals surface area contributed by atoms with Crippen LogP contribution < -0.4 is 4.90 Å². The lowest BCUT2D eigenvalue weighted by atomic mass is 9.49. The average molecular weight is 456 g/mol. The zero-order chi connectivity index (χ0) is 23.3. The van der Waals surface area contributed by atoms with E-state index in [1.54, 1.807) is 17.0 Å². The lowest BCUT2D eigenvalue weighted by molar-refractivity contribution is -0.160. The van der Waals surface area contributed by atoms with Crippen LogP contribution in [0.5, 0.6) is 0 Å². The van der Waals surface area contributed by atoms with E-state index in [1.165, 1.54) is 41.2 Å². The van der Waals surface area contributed by atoms with Crippen LogP contribution in [0.1, 0.15) is 52.4 Å². The first-order chi connectivity index (χ1) is 15.7. The smallest absolute Gasteiger partial charge is 0.248 e. The Balaban J connectivity index is 1.29. The first kappa shape index (κ1) is 22.4. The Morgan fingerprint density at radius 2 is 1.64 bits per heavy atom. The van der Waals surface area contributed by atoms with E-state index in [0.29, 0.717) is 30.0 Å². The molecular weight excluding hydrogens is 421 g/mol. The van der Waals surface area contributed by atoms with E-state index in [-0.39, 0.29) is 54.6 Å². The minimum absolute atomic E-state index is 0.0166. The Kier molecular flexibility index (Phi) is 5.69. The van der Waals surface area contributed by atoms with Crippen molar-refractivity contribution >= 4 is 23.4 Å². The molecule has 6 rings (SSSR count). The molecule has 5 fully saturated rings. The molecule has 0 unspecified atom stereocenters. The van der Waals surface area contributed by atoms with E-state index >= 15 is 0 Å². The highest BCUT2D eigenvalue weighted by Gasteiger charge is 2.55. The predicted octanol–water partition coefficient (Wildman–Crippen LogP) is 3.66. The number of hydrogen-bond acceptors (Lipinski definition) is 3.